The van der Waals surface area contributed by atoms with E-state index in [0.29, 0.717) is 5.13 Å². The number of carbonyl (C=O) groups excluding carboxylic acids is 1. The molecular formula is C12H14N4O2S. The number of nitrogens with zero attached hydrogens (tertiary/aromatic N) is 1. The summed E-state index contributed by atoms with van der Waals surface area (Å²) in [6.45, 7) is 1.98. The fourth-order valence-electron chi connectivity index (χ4n) is 1.44. The molecule has 2 aromatic rings. The van der Waals surface area contributed by atoms with Gasteiger partial charge in [-0.2, -0.15) is 0 Å². The van der Waals surface area contributed by atoms with Crippen molar-refractivity contribution in [2.24, 2.45) is 0 Å². The van der Waals surface area contributed by atoms with Crippen LogP contribution in [0.1, 0.15) is 29.1 Å². The summed E-state index contributed by atoms with van der Waals surface area (Å²) in [5.74, 6) is -0.379. The Morgan fingerprint density at radius 1 is 1.47 bits per heavy atom. The molecule has 3 N–H and O–H groups in total. The maximum Gasteiger partial charge on any atom is 0.273 e. The van der Waals surface area contributed by atoms with E-state index in [2.05, 4.69) is 20.6 Å². The Hall–Kier alpha value is -1.99. The zero-order valence-corrected chi connectivity index (χ0v) is 11.4. The highest BCUT2D eigenvalue weighted by Crippen LogP contribution is 2.20. The van der Waals surface area contributed by atoms with Crippen LogP contribution in [0.25, 0.3) is 0 Å². The Kier molecular flexibility index (Phi) is 4.08. The second-order valence-corrected chi connectivity index (χ2v) is 4.83. The van der Waals surface area contributed by atoms with Crippen molar-refractivity contribution < 1.29 is 4.79 Å². The highest BCUT2D eigenvalue weighted by molar-refractivity contribution is 7.14. The molecular weight excluding hydrogens is 264 g/mol. The smallest absolute Gasteiger partial charge is 0.273 e. The van der Waals surface area contributed by atoms with E-state index in [1.165, 1.54) is 23.5 Å². The number of hydrogen-bond acceptors (Lipinski definition) is 5. The van der Waals surface area contributed by atoms with Gasteiger partial charge in [-0.25, -0.2) is 4.98 Å². The van der Waals surface area contributed by atoms with Crippen molar-refractivity contribution in [3.05, 3.63) is 45.3 Å². The van der Waals surface area contributed by atoms with E-state index in [9.17, 15) is 9.59 Å². The molecule has 0 saturated heterocycles. The van der Waals surface area contributed by atoms with Crippen molar-refractivity contribution in [1.82, 2.24) is 15.3 Å². The number of pyridine rings is 1. The monoisotopic (exact) mass is 278 g/mol. The minimum atomic E-state index is -0.379. The molecule has 0 aliphatic heterocycles. The van der Waals surface area contributed by atoms with Gasteiger partial charge in [0.15, 0.2) is 5.13 Å². The molecule has 2 rings (SSSR count). The summed E-state index contributed by atoms with van der Waals surface area (Å²) >= 11 is 1.35. The number of hydrogen-bond donors (Lipinski definition) is 3. The lowest BCUT2D eigenvalue weighted by Gasteiger charge is -2.05. The van der Waals surface area contributed by atoms with E-state index in [-0.39, 0.29) is 23.2 Å². The van der Waals surface area contributed by atoms with E-state index in [0.717, 1.165) is 5.69 Å². The molecule has 1 atom stereocenters. The quantitative estimate of drug-likeness (QED) is 0.788. The maximum absolute atomic E-state index is 11.9. The van der Waals surface area contributed by atoms with Crippen LogP contribution in [-0.4, -0.2) is 22.9 Å². The summed E-state index contributed by atoms with van der Waals surface area (Å²) in [5, 5.41) is 8.11. The van der Waals surface area contributed by atoms with E-state index in [4.69, 9.17) is 0 Å². The van der Waals surface area contributed by atoms with Gasteiger partial charge in [0, 0.05) is 17.5 Å². The second-order valence-electron chi connectivity index (χ2n) is 3.97. The first-order valence-corrected chi connectivity index (χ1v) is 6.61. The third kappa shape index (κ3) is 3.27. The van der Waals surface area contributed by atoms with Crippen LogP contribution in [0.2, 0.25) is 0 Å². The molecule has 0 radical (unpaired) electrons. The molecule has 0 aliphatic rings. The molecule has 1 amide bonds. The molecule has 0 saturated carbocycles. The SMILES string of the molecule is CNC(C)c1csc(NC(=O)c2cccc(=O)[nH]2)n1. The molecule has 0 fully saturated rings. The minimum Gasteiger partial charge on any atom is -0.318 e. The van der Waals surface area contributed by atoms with Crippen molar-refractivity contribution in [3.63, 3.8) is 0 Å². The highest BCUT2D eigenvalue weighted by Gasteiger charge is 2.11. The number of nitrogens with one attached hydrogen (secondary N) is 3. The topological polar surface area (TPSA) is 86.9 Å². The number of carbonyl (C=O) groups is 1. The van der Waals surface area contributed by atoms with Gasteiger partial charge in [-0.15, -0.1) is 11.3 Å². The van der Waals surface area contributed by atoms with Gasteiger partial charge in [0.25, 0.3) is 5.91 Å². The number of aromatic amines is 1. The van der Waals surface area contributed by atoms with Crippen LogP contribution in [0, 0.1) is 0 Å². The van der Waals surface area contributed by atoms with Crippen LogP contribution in [0.5, 0.6) is 0 Å². The summed E-state index contributed by atoms with van der Waals surface area (Å²) in [7, 11) is 1.84. The molecule has 0 spiro atoms. The van der Waals surface area contributed by atoms with E-state index < -0.39 is 0 Å². The third-order valence-electron chi connectivity index (χ3n) is 2.63. The molecule has 0 aromatic carbocycles. The molecule has 2 aromatic heterocycles. The average Bonchev–Trinajstić information content (AvgIpc) is 2.86. The van der Waals surface area contributed by atoms with E-state index in [1.54, 1.807) is 6.07 Å². The number of amides is 1. The number of thiazole rings is 1. The van der Waals surface area contributed by atoms with Crippen LogP contribution in [-0.2, 0) is 0 Å². The van der Waals surface area contributed by atoms with Gasteiger partial charge in [0.1, 0.15) is 5.69 Å². The van der Waals surface area contributed by atoms with Crippen molar-refractivity contribution >= 4 is 22.4 Å². The standard InChI is InChI=1S/C12H14N4O2S/c1-7(13-2)9-6-19-12(15-9)16-11(18)8-4-3-5-10(17)14-8/h3-7,13H,1-2H3,(H,14,17)(H,15,16,18). The van der Waals surface area contributed by atoms with E-state index in [1.807, 2.05) is 19.4 Å². The van der Waals surface area contributed by atoms with Crippen LogP contribution in [0.15, 0.2) is 28.4 Å². The van der Waals surface area contributed by atoms with Crippen molar-refractivity contribution in [3.8, 4) is 0 Å². The molecule has 19 heavy (non-hydrogen) atoms. The van der Waals surface area contributed by atoms with Gasteiger partial charge in [0.2, 0.25) is 5.56 Å². The second kappa shape index (κ2) is 5.77. The Morgan fingerprint density at radius 2 is 2.26 bits per heavy atom. The van der Waals surface area contributed by atoms with Gasteiger partial charge in [-0.05, 0) is 20.0 Å². The summed E-state index contributed by atoms with van der Waals surface area (Å²) in [6, 6.07) is 4.55. The summed E-state index contributed by atoms with van der Waals surface area (Å²) in [4.78, 5) is 29.8. The van der Waals surface area contributed by atoms with Crippen molar-refractivity contribution in [2.75, 3.05) is 12.4 Å². The lowest BCUT2D eigenvalue weighted by Crippen LogP contribution is -2.18. The largest absolute Gasteiger partial charge is 0.318 e. The molecule has 0 bridgehead atoms. The zero-order chi connectivity index (χ0) is 13.8. The predicted octanol–water partition coefficient (Wildman–Crippen LogP) is 1.36. The van der Waals surface area contributed by atoms with Gasteiger partial charge in [-0.1, -0.05) is 6.07 Å². The zero-order valence-electron chi connectivity index (χ0n) is 10.6. The Labute approximate surface area is 113 Å². The lowest BCUT2D eigenvalue weighted by atomic mass is 10.3. The molecule has 100 valence electrons. The average molecular weight is 278 g/mol. The van der Waals surface area contributed by atoms with Crippen LogP contribution < -0.4 is 16.2 Å². The maximum atomic E-state index is 11.9. The Morgan fingerprint density at radius 3 is 2.95 bits per heavy atom. The summed E-state index contributed by atoms with van der Waals surface area (Å²) in [6.07, 6.45) is 0. The van der Waals surface area contributed by atoms with Crippen molar-refractivity contribution in [1.29, 1.82) is 0 Å². The van der Waals surface area contributed by atoms with Gasteiger partial charge >= 0.3 is 0 Å². The normalized spacial score (nSPS) is 12.1. The first-order valence-electron chi connectivity index (χ1n) is 5.73. The minimum absolute atomic E-state index is 0.124. The van der Waals surface area contributed by atoms with Crippen LogP contribution in [0.3, 0.4) is 0 Å². The lowest BCUT2D eigenvalue weighted by molar-refractivity contribution is 0.102. The first kappa shape index (κ1) is 13.4. The summed E-state index contributed by atoms with van der Waals surface area (Å²) < 4.78 is 0. The number of rotatable bonds is 4. The molecule has 7 heteroatoms. The molecule has 6 nitrogen and oxygen atoms in total. The van der Waals surface area contributed by atoms with Crippen LogP contribution in [0.4, 0.5) is 5.13 Å². The van der Waals surface area contributed by atoms with Gasteiger partial charge in [-0.3, -0.25) is 14.9 Å². The number of anilines is 1. The predicted molar refractivity (Wildman–Crippen MR) is 74.6 cm³/mol. The first-order chi connectivity index (χ1) is 9.10. The fourth-order valence-corrected chi connectivity index (χ4v) is 2.23. The van der Waals surface area contributed by atoms with Gasteiger partial charge < -0.3 is 10.3 Å². The highest BCUT2D eigenvalue weighted by atomic mass is 32.1. The molecule has 1 unspecified atom stereocenters. The van der Waals surface area contributed by atoms with E-state index >= 15 is 0 Å². The Balaban J connectivity index is 2.11. The van der Waals surface area contributed by atoms with Crippen LogP contribution >= 0.6 is 11.3 Å². The number of aromatic nitrogens is 2. The Bertz CT molecular complexity index is 634. The number of H-pyrrole nitrogens is 1. The summed E-state index contributed by atoms with van der Waals surface area (Å²) in [5.41, 5.74) is 0.770. The van der Waals surface area contributed by atoms with Crippen molar-refractivity contribution in [2.45, 2.75) is 13.0 Å². The molecule has 2 heterocycles. The fraction of sp³-hybridized carbons (Fsp3) is 0.250. The third-order valence-corrected chi connectivity index (χ3v) is 3.41. The van der Waals surface area contributed by atoms with Gasteiger partial charge in [0.05, 0.1) is 5.69 Å². The molecule has 0 aliphatic carbocycles.